The normalized spacial score (nSPS) is 15.0. The first-order valence-electron chi connectivity index (χ1n) is 13.2. The van der Waals surface area contributed by atoms with E-state index >= 15 is 0 Å². The monoisotopic (exact) mass is 547 g/mol. The molecule has 2 aromatic heterocycles. The molecule has 0 bridgehead atoms. The molecule has 1 N–H and O–H groups in total. The van der Waals surface area contributed by atoms with Crippen molar-refractivity contribution in [2.75, 3.05) is 31.1 Å². The molecule has 208 valence electrons. The zero-order chi connectivity index (χ0) is 28.2. The van der Waals surface area contributed by atoms with E-state index in [9.17, 15) is 18.4 Å². The summed E-state index contributed by atoms with van der Waals surface area (Å²) in [5.74, 6) is -1.47. The van der Waals surface area contributed by atoms with Crippen LogP contribution in [0.15, 0.2) is 65.1 Å². The highest BCUT2D eigenvalue weighted by atomic mass is 19.2. The number of halogens is 2. The predicted octanol–water partition coefficient (Wildman–Crippen LogP) is 5.16. The molecule has 10 heteroatoms. The van der Waals surface area contributed by atoms with Gasteiger partial charge in [-0.2, -0.15) is 5.10 Å². The Hall–Kier alpha value is -4.31. The molecule has 1 aliphatic rings. The number of benzene rings is 2. The molecule has 0 radical (unpaired) electrons. The van der Waals surface area contributed by atoms with Gasteiger partial charge in [0.2, 0.25) is 5.91 Å². The fourth-order valence-corrected chi connectivity index (χ4v) is 4.99. The Balaban J connectivity index is 1.49. The summed E-state index contributed by atoms with van der Waals surface area (Å²) in [5.41, 5.74) is 2.44. The van der Waals surface area contributed by atoms with Crippen LogP contribution in [-0.2, 0) is 17.9 Å². The number of amides is 2. The van der Waals surface area contributed by atoms with Crippen LogP contribution in [0.25, 0.3) is 11.5 Å². The second-order valence-corrected chi connectivity index (χ2v) is 9.98. The van der Waals surface area contributed by atoms with Gasteiger partial charge in [-0.1, -0.05) is 30.3 Å². The number of fused-ring (bicyclic) bond motifs is 1. The SMILES string of the molecule is CC(=O)N1CCCN(Cc2ccccc2)CCN(C(=O)c2cc(-c3ccc(C)o3)[nH]n2)Cc2cc(F)c(F)cc21. The van der Waals surface area contributed by atoms with Crippen molar-refractivity contribution >= 4 is 17.5 Å². The minimum Gasteiger partial charge on any atom is -0.460 e. The molecule has 8 nitrogen and oxygen atoms in total. The third-order valence-electron chi connectivity index (χ3n) is 7.03. The van der Waals surface area contributed by atoms with E-state index in [1.807, 2.05) is 43.3 Å². The van der Waals surface area contributed by atoms with Gasteiger partial charge in [0.15, 0.2) is 23.1 Å². The van der Waals surface area contributed by atoms with Crippen molar-refractivity contribution in [3.63, 3.8) is 0 Å². The van der Waals surface area contributed by atoms with Crippen molar-refractivity contribution in [2.45, 2.75) is 33.4 Å². The summed E-state index contributed by atoms with van der Waals surface area (Å²) < 4.78 is 34.5. The maximum atomic E-state index is 14.5. The van der Waals surface area contributed by atoms with Crippen LogP contribution in [0, 0.1) is 18.6 Å². The fraction of sp³-hybridized carbons (Fsp3) is 0.300. The lowest BCUT2D eigenvalue weighted by atomic mass is 10.1. The maximum absolute atomic E-state index is 14.5. The number of nitrogens with one attached hydrogen (secondary N) is 1. The van der Waals surface area contributed by atoms with Crippen LogP contribution in [0.2, 0.25) is 0 Å². The molecule has 3 heterocycles. The molecule has 2 aromatic carbocycles. The Bertz CT molecular complexity index is 1500. The van der Waals surface area contributed by atoms with Gasteiger partial charge in [-0.15, -0.1) is 0 Å². The smallest absolute Gasteiger partial charge is 0.274 e. The highest BCUT2D eigenvalue weighted by Gasteiger charge is 2.26. The molecule has 0 saturated heterocycles. The number of carbonyl (C=O) groups excluding carboxylic acids is 2. The fourth-order valence-electron chi connectivity index (χ4n) is 4.99. The molecule has 0 saturated carbocycles. The Morgan fingerprint density at radius 3 is 2.48 bits per heavy atom. The molecule has 0 aliphatic carbocycles. The highest BCUT2D eigenvalue weighted by molar-refractivity contribution is 5.94. The first kappa shape index (κ1) is 27.3. The summed E-state index contributed by atoms with van der Waals surface area (Å²) in [6.45, 7) is 5.67. The Morgan fingerprint density at radius 2 is 1.75 bits per heavy atom. The van der Waals surface area contributed by atoms with Gasteiger partial charge >= 0.3 is 0 Å². The number of H-pyrrole nitrogens is 1. The quantitative estimate of drug-likeness (QED) is 0.382. The van der Waals surface area contributed by atoms with E-state index in [0.717, 1.165) is 23.5 Å². The van der Waals surface area contributed by atoms with E-state index in [2.05, 4.69) is 15.1 Å². The summed E-state index contributed by atoms with van der Waals surface area (Å²) in [6, 6.07) is 17.3. The summed E-state index contributed by atoms with van der Waals surface area (Å²) >= 11 is 0. The van der Waals surface area contributed by atoms with Crippen molar-refractivity contribution in [1.29, 1.82) is 0 Å². The number of carbonyl (C=O) groups is 2. The lowest BCUT2D eigenvalue weighted by Crippen LogP contribution is -2.38. The first-order chi connectivity index (χ1) is 19.3. The number of hydrogen-bond donors (Lipinski definition) is 1. The van der Waals surface area contributed by atoms with Crippen molar-refractivity contribution in [2.24, 2.45) is 0 Å². The molecule has 1 aliphatic heterocycles. The van der Waals surface area contributed by atoms with Gasteiger partial charge in [0.25, 0.3) is 5.91 Å². The molecular formula is C30H31F2N5O3. The Morgan fingerprint density at radius 1 is 0.975 bits per heavy atom. The van der Waals surface area contributed by atoms with Gasteiger partial charge in [0.05, 0.1) is 5.69 Å². The molecule has 40 heavy (non-hydrogen) atoms. The predicted molar refractivity (Wildman–Crippen MR) is 146 cm³/mol. The minimum atomic E-state index is -1.05. The number of nitrogens with zero attached hydrogens (tertiary/aromatic N) is 4. The van der Waals surface area contributed by atoms with Crippen molar-refractivity contribution < 1.29 is 22.8 Å². The van der Waals surface area contributed by atoms with E-state index < -0.39 is 11.6 Å². The summed E-state index contributed by atoms with van der Waals surface area (Å²) in [5, 5.41) is 7.07. The average molecular weight is 548 g/mol. The summed E-state index contributed by atoms with van der Waals surface area (Å²) in [6.07, 6.45) is 0.615. The van der Waals surface area contributed by atoms with Crippen LogP contribution in [0.1, 0.15) is 40.7 Å². The van der Waals surface area contributed by atoms with Crippen LogP contribution >= 0.6 is 0 Å². The lowest BCUT2D eigenvalue weighted by Gasteiger charge is -2.27. The van der Waals surface area contributed by atoms with E-state index in [1.54, 1.807) is 17.0 Å². The zero-order valence-corrected chi connectivity index (χ0v) is 22.5. The van der Waals surface area contributed by atoms with E-state index in [1.165, 1.54) is 11.8 Å². The average Bonchev–Trinajstić information content (AvgIpc) is 3.59. The van der Waals surface area contributed by atoms with Crippen LogP contribution in [0.3, 0.4) is 0 Å². The van der Waals surface area contributed by atoms with Crippen molar-refractivity contribution in [1.82, 2.24) is 20.0 Å². The maximum Gasteiger partial charge on any atom is 0.274 e. The largest absolute Gasteiger partial charge is 0.460 e. The highest BCUT2D eigenvalue weighted by Crippen LogP contribution is 2.28. The number of aromatic nitrogens is 2. The Labute approximate surface area is 231 Å². The van der Waals surface area contributed by atoms with Crippen LogP contribution in [0.5, 0.6) is 0 Å². The Kier molecular flexibility index (Phi) is 8.06. The molecule has 5 rings (SSSR count). The molecule has 0 spiro atoms. The van der Waals surface area contributed by atoms with Crippen molar-refractivity contribution in [3.05, 3.63) is 94.9 Å². The third-order valence-corrected chi connectivity index (χ3v) is 7.03. The number of furan rings is 1. The number of anilines is 1. The van der Waals surface area contributed by atoms with Crippen LogP contribution in [-0.4, -0.2) is 58.0 Å². The molecule has 0 unspecified atom stereocenters. The summed E-state index contributed by atoms with van der Waals surface area (Å²) in [7, 11) is 0. The van der Waals surface area contributed by atoms with Gasteiger partial charge < -0.3 is 14.2 Å². The van der Waals surface area contributed by atoms with E-state index in [-0.39, 0.29) is 29.7 Å². The number of aryl methyl sites for hydroxylation is 1. The van der Waals surface area contributed by atoms with Gasteiger partial charge in [0, 0.05) is 58.3 Å². The topological polar surface area (TPSA) is 85.7 Å². The van der Waals surface area contributed by atoms with E-state index in [4.69, 9.17) is 4.42 Å². The summed E-state index contributed by atoms with van der Waals surface area (Å²) in [4.78, 5) is 31.7. The number of rotatable bonds is 4. The second-order valence-electron chi connectivity index (χ2n) is 9.98. The first-order valence-corrected chi connectivity index (χ1v) is 13.2. The van der Waals surface area contributed by atoms with Gasteiger partial charge in [0.1, 0.15) is 11.5 Å². The second kappa shape index (κ2) is 11.8. The molecule has 4 aromatic rings. The third kappa shape index (κ3) is 6.12. The van der Waals surface area contributed by atoms with Gasteiger partial charge in [-0.05, 0) is 42.7 Å². The molecular weight excluding hydrogens is 516 g/mol. The molecule has 0 fully saturated rings. The van der Waals surface area contributed by atoms with Crippen molar-refractivity contribution in [3.8, 4) is 11.5 Å². The molecule has 2 amide bonds. The van der Waals surface area contributed by atoms with Crippen LogP contribution < -0.4 is 4.90 Å². The number of aromatic amines is 1. The van der Waals surface area contributed by atoms with E-state index in [0.29, 0.717) is 56.2 Å². The lowest BCUT2D eigenvalue weighted by molar-refractivity contribution is -0.116. The zero-order valence-electron chi connectivity index (χ0n) is 22.5. The standard InChI is InChI=1S/C30H31F2N5O3/c1-20-9-10-29(40-20)26-17-27(34-33-26)30(39)36-14-13-35(18-22-7-4-3-5-8-22)11-6-12-37(21(2)38)28-16-25(32)24(31)15-23(28)19-36/h3-5,7-10,15-17H,6,11-14,18-19H2,1-2H3,(H,33,34). The van der Waals surface area contributed by atoms with Crippen LogP contribution in [0.4, 0.5) is 14.5 Å². The molecule has 0 atom stereocenters. The number of hydrogen-bond acceptors (Lipinski definition) is 5. The van der Waals surface area contributed by atoms with Gasteiger partial charge in [-0.25, -0.2) is 8.78 Å². The van der Waals surface area contributed by atoms with Gasteiger partial charge in [-0.3, -0.25) is 19.6 Å². The minimum absolute atomic E-state index is 0.0314.